The highest BCUT2D eigenvalue weighted by Gasteiger charge is 2.39. The van der Waals surface area contributed by atoms with Gasteiger partial charge in [0.1, 0.15) is 30.4 Å². The Labute approximate surface area is 583 Å². The molecule has 0 unspecified atom stereocenters. The zero-order chi connectivity index (χ0) is 74.4. The highest BCUT2D eigenvalue weighted by molar-refractivity contribution is 7.89. The van der Waals surface area contributed by atoms with E-state index in [1.165, 1.54) is 49.4 Å². The lowest BCUT2D eigenvalue weighted by molar-refractivity contribution is -0.116. The zero-order valence-corrected chi connectivity index (χ0v) is 57.4. The molecule has 12 rings (SSSR count). The van der Waals surface area contributed by atoms with Crippen LogP contribution in [0.5, 0.6) is 0 Å². The van der Waals surface area contributed by atoms with Gasteiger partial charge in [0, 0.05) is 81.7 Å². The maximum Gasteiger partial charge on any atom is 0.240 e. The van der Waals surface area contributed by atoms with Gasteiger partial charge in [0.15, 0.2) is 34.7 Å². The minimum atomic E-state index is -5.14. The summed E-state index contributed by atoms with van der Waals surface area (Å²) in [6.07, 6.45) is 0.848. The Balaban J connectivity index is 0.000000165. The molecule has 0 aliphatic heterocycles. The Morgan fingerprint density at radius 3 is 1.02 bits per heavy atom. The average molecular weight is 1460 g/mol. The number of carbonyl (C=O) groups is 8. The van der Waals surface area contributed by atoms with E-state index in [0.717, 1.165) is 18.2 Å². The van der Waals surface area contributed by atoms with E-state index in [1.807, 2.05) is 6.92 Å². The van der Waals surface area contributed by atoms with Crippen LogP contribution < -0.4 is 48.5 Å². The van der Waals surface area contributed by atoms with Gasteiger partial charge in [-0.1, -0.05) is 98.8 Å². The van der Waals surface area contributed by atoms with Crippen molar-refractivity contribution < 1.29 is 85.7 Å². The molecule has 28 nitrogen and oxygen atoms in total. The Hall–Kier alpha value is -11.6. The number of sulfonamides is 1. The second kappa shape index (κ2) is 28.2. The molecule has 0 heterocycles. The molecule has 102 heavy (non-hydrogen) atoms. The van der Waals surface area contributed by atoms with E-state index in [9.17, 15) is 85.7 Å². The minimum Gasteiger partial charge on any atom is -0.744 e. The molecule has 9 aromatic carbocycles. The van der Waals surface area contributed by atoms with Crippen molar-refractivity contribution in [3.8, 4) is 0 Å². The maximum atomic E-state index is 13.5. The van der Waals surface area contributed by atoms with Gasteiger partial charge >= 0.3 is 0 Å². The number of ketones is 6. The predicted molar refractivity (Wildman–Crippen MR) is 374 cm³/mol. The van der Waals surface area contributed by atoms with Gasteiger partial charge in [0.25, 0.3) is 0 Å². The zero-order valence-electron chi connectivity index (χ0n) is 54.2. The average Bonchev–Trinajstić information content (AvgIpc) is 0.742. The SMILES string of the molecule is CC(=O)Nc1cccc(Nc2cc(S(=O)(=O)[O-])c(N)c3c2C(=O)c2ccccc2C3=O)c1.CCC(=O)Nc1cccc(Nc2cc(S(=O)(=O)[O-])c(N)c3c2C(=O)c2ccccc2C3=O)c1.CCCNS(=O)(=O)c1cc(Nc2cc(S(=O)(=O)[O-])c(N)c3c2C(=O)c2ccccc2C3=O)cc(C)c1C. The summed E-state index contributed by atoms with van der Waals surface area (Å²) < 4.78 is 136. The first kappa shape index (κ1) is 73.1. The van der Waals surface area contributed by atoms with E-state index in [0.29, 0.717) is 40.3 Å². The molecule has 524 valence electrons. The summed E-state index contributed by atoms with van der Waals surface area (Å²) >= 11 is 0. The van der Waals surface area contributed by atoms with Gasteiger partial charge in [0.2, 0.25) is 21.8 Å². The van der Waals surface area contributed by atoms with Crippen LogP contribution in [0, 0.1) is 13.8 Å². The van der Waals surface area contributed by atoms with Crippen molar-refractivity contribution in [2.45, 2.75) is 67.0 Å². The lowest BCUT2D eigenvalue weighted by atomic mass is 9.82. The molecular weight excluding hydrogens is 1400 g/mol. The fourth-order valence-corrected chi connectivity index (χ4v) is 14.9. The van der Waals surface area contributed by atoms with Crippen molar-refractivity contribution in [3.05, 3.63) is 230 Å². The number of nitrogens with one attached hydrogen (secondary N) is 6. The van der Waals surface area contributed by atoms with Crippen molar-refractivity contribution in [1.82, 2.24) is 4.72 Å². The molecular formula is C70H58N9O19S4-3. The van der Waals surface area contributed by atoms with Gasteiger partial charge in [-0.15, -0.1) is 0 Å². The Bertz CT molecular complexity index is 5670. The number of amides is 2. The molecule has 32 heteroatoms. The lowest BCUT2D eigenvalue weighted by Gasteiger charge is -2.25. The van der Waals surface area contributed by atoms with E-state index in [1.54, 1.807) is 112 Å². The number of carbonyl (C=O) groups excluding carboxylic acids is 8. The number of benzene rings is 9. The third kappa shape index (κ3) is 14.4. The molecule has 0 fully saturated rings. The Kier molecular flexibility index (Phi) is 20.2. The number of nitrogens with two attached hydrogens (primary N) is 3. The molecule has 2 amide bonds. The van der Waals surface area contributed by atoms with Crippen molar-refractivity contribution in [2.75, 3.05) is 50.3 Å². The fraction of sp³-hybridized carbons (Fsp3) is 0.114. The predicted octanol–water partition coefficient (Wildman–Crippen LogP) is 8.69. The van der Waals surface area contributed by atoms with Crippen LogP contribution in [0.3, 0.4) is 0 Å². The first-order chi connectivity index (χ1) is 48.0. The van der Waals surface area contributed by atoms with E-state index >= 15 is 0 Å². The van der Waals surface area contributed by atoms with E-state index in [-0.39, 0.29) is 114 Å². The molecule has 3 aliphatic carbocycles. The van der Waals surface area contributed by atoms with Crippen molar-refractivity contribution >= 4 is 149 Å². The highest BCUT2D eigenvalue weighted by atomic mass is 32.2. The highest BCUT2D eigenvalue weighted by Crippen LogP contribution is 2.44. The van der Waals surface area contributed by atoms with E-state index in [2.05, 4.69) is 31.3 Å². The van der Waals surface area contributed by atoms with Gasteiger partial charge in [-0.25, -0.2) is 38.4 Å². The summed E-state index contributed by atoms with van der Waals surface area (Å²) in [4.78, 5) is 100. The number of hydrogen-bond donors (Lipinski definition) is 9. The van der Waals surface area contributed by atoms with Gasteiger partial charge in [-0.3, -0.25) is 38.4 Å². The molecule has 0 saturated heterocycles. The van der Waals surface area contributed by atoms with Gasteiger partial charge in [-0.05, 0) is 98.1 Å². The summed E-state index contributed by atoms with van der Waals surface area (Å²) in [5.41, 5.74) is 17.7. The van der Waals surface area contributed by atoms with Crippen LogP contribution in [0.4, 0.5) is 62.6 Å². The summed E-state index contributed by atoms with van der Waals surface area (Å²) in [6, 6.07) is 36.7. The molecule has 0 saturated carbocycles. The first-order valence-electron chi connectivity index (χ1n) is 30.5. The number of aryl methyl sites for hydroxylation is 1. The van der Waals surface area contributed by atoms with Crippen LogP contribution in [-0.2, 0) is 50.0 Å². The summed E-state index contributed by atoms with van der Waals surface area (Å²) in [6.45, 7) is 8.42. The van der Waals surface area contributed by atoms with Crippen molar-refractivity contribution in [1.29, 1.82) is 0 Å². The minimum absolute atomic E-state index is 0.0165. The van der Waals surface area contributed by atoms with E-state index in [4.69, 9.17) is 17.2 Å². The molecule has 0 atom stereocenters. The Morgan fingerprint density at radius 1 is 0.392 bits per heavy atom. The topological polar surface area (TPSA) is 493 Å². The fourth-order valence-electron chi connectivity index (χ4n) is 11.6. The van der Waals surface area contributed by atoms with Crippen LogP contribution >= 0.6 is 0 Å². The third-order valence-electron chi connectivity index (χ3n) is 16.3. The third-order valence-corrected chi connectivity index (χ3v) is 20.6. The van der Waals surface area contributed by atoms with Crippen molar-refractivity contribution in [2.24, 2.45) is 0 Å². The largest absolute Gasteiger partial charge is 0.744 e. The van der Waals surface area contributed by atoms with Crippen LogP contribution in [0.15, 0.2) is 171 Å². The van der Waals surface area contributed by atoms with Crippen LogP contribution in [0.1, 0.15) is 140 Å². The van der Waals surface area contributed by atoms with Gasteiger partial charge in [0.05, 0.1) is 87.1 Å². The molecule has 9 aromatic rings. The Morgan fingerprint density at radius 2 is 0.706 bits per heavy atom. The van der Waals surface area contributed by atoms with E-state index < -0.39 is 112 Å². The number of fused-ring (bicyclic) bond motifs is 6. The molecule has 0 aromatic heterocycles. The lowest BCUT2D eigenvalue weighted by Crippen LogP contribution is -2.26. The number of rotatable bonds is 16. The summed E-state index contributed by atoms with van der Waals surface area (Å²) in [5, 5.41) is 13.9. The van der Waals surface area contributed by atoms with Crippen LogP contribution in [0.2, 0.25) is 0 Å². The maximum absolute atomic E-state index is 13.5. The molecule has 0 spiro atoms. The standard InChI is InChI=1S/C25H25N3O7S2.C23H19N3O6S.C22H17N3O6S/c1-4-9-27-36(31,32)19-11-15(10-13(2)14(19)3)28-18-12-20(37(33,34)35)23(26)22-21(18)24(29)16-7-5-6-8-17(16)25(22)30;1-2-18(27)26-13-7-5-6-12(10-13)25-16-11-17(33(30,31)32)21(24)20-19(16)22(28)14-8-3-4-9-15(14)23(20)29;1-11(26)24-12-5-4-6-13(9-12)25-16-10-17(32(29,30)31)20(23)19-18(16)21(27)14-7-2-3-8-15(14)22(19)28/h5-8,10-12,27-28H,4,9,26H2,1-3H3,(H,33,34,35);3-11,25H,2,24H2,1H3,(H,26,27)(H,30,31,32);2-10,25H,23H2,1H3,(H,24,26)(H,29,30,31)/p-3. The smallest absolute Gasteiger partial charge is 0.240 e. The second-order valence-corrected chi connectivity index (χ2v) is 28.9. The van der Waals surface area contributed by atoms with Gasteiger partial charge < -0.3 is 57.4 Å². The normalized spacial score (nSPS) is 12.9. The molecule has 0 bridgehead atoms. The number of anilines is 11. The molecule has 12 N–H and O–H groups in total. The van der Waals surface area contributed by atoms with Crippen LogP contribution in [-0.4, -0.2) is 100 Å². The van der Waals surface area contributed by atoms with Crippen molar-refractivity contribution in [3.63, 3.8) is 0 Å². The molecule has 3 aliphatic rings. The monoisotopic (exact) mass is 1460 g/mol. The molecule has 0 radical (unpaired) electrons. The van der Waals surface area contributed by atoms with Gasteiger partial charge in [-0.2, -0.15) is 0 Å². The summed E-state index contributed by atoms with van der Waals surface area (Å²) in [7, 11) is -19.1. The quantitative estimate of drug-likeness (QED) is 0.0322. The number of hydrogen-bond acceptors (Lipinski definition) is 25. The van der Waals surface area contributed by atoms with Crippen LogP contribution in [0.25, 0.3) is 0 Å². The number of nitrogen functional groups attached to an aromatic ring is 3. The summed E-state index contributed by atoms with van der Waals surface area (Å²) in [5.74, 6) is -4.22. The second-order valence-electron chi connectivity index (χ2n) is 23.2. The first-order valence-corrected chi connectivity index (χ1v) is 36.2.